The first-order valence-corrected chi connectivity index (χ1v) is 10.1. The highest BCUT2D eigenvalue weighted by atomic mass is 79.9. The van der Waals surface area contributed by atoms with Crippen LogP contribution in [0.5, 0.6) is 0 Å². The summed E-state index contributed by atoms with van der Waals surface area (Å²) in [6.07, 6.45) is 2.75. The Kier molecular flexibility index (Phi) is 6.61. The van der Waals surface area contributed by atoms with Gasteiger partial charge in [-0.3, -0.25) is 9.59 Å². The van der Waals surface area contributed by atoms with Crippen molar-refractivity contribution in [3.05, 3.63) is 47.3 Å². The number of aromatic nitrogens is 2. The number of piperidine rings is 1. The third kappa shape index (κ3) is 4.49. The predicted molar refractivity (Wildman–Crippen MR) is 108 cm³/mol. The summed E-state index contributed by atoms with van der Waals surface area (Å²) in [6, 6.07) is 7.73. The maximum atomic E-state index is 12.5. The number of amides is 2. The van der Waals surface area contributed by atoms with E-state index in [4.69, 9.17) is 4.52 Å². The monoisotopic (exact) mass is 446 g/mol. The standard InChI is InChI=1S/C20H23BrN4O3/c1-3-17(26)24(4-2)13-18(27)25-11-9-14(10-12-25)20-22-19(23-28-20)15-7-5-6-8-16(15)21/h3,5-8,14H,1,4,9-13H2,2H3. The van der Waals surface area contributed by atoms with Crippen molar-refractivity contribution in [2.45, 2.75) is 25.7 Å². The van der Waals surface area contributed by atoms with Gasteiger partial charge in [-0.2, -0.15) is 4.98 Å². The molecule has 0 unspecified atom stereocenters. The quantitative estimate of drug-likeness (QED) is 0.636. The summed E-state index contributed by atoms with van der Waals surface area (Å²) in [6.45, 7) is 7.10. The molecule has 1 aromatic carbocycles. The molecule has 1 aliphatic rings. The first-order chi connectivity index (χ1) is 13.5. The molecule has 0 spiro atoms. The molecule has 0 radical (unpaired) electrons. The van der Waals surface area contributed by atoms with Gasteiger partial charge in [-0.1, -0.05) is 39.8 Å². The summed E-state index contributed by atoms with van der Waals surface area (Å²) < 4.78 is 6.40. The second kappa shape index (κ2) is 9.14. The number of rotatable bonds is 6. The molecule has 1 fully saturated rings. The SMILES string of the molecule is C=CC(=O)N(CC)CC(=O)N1CCC(c2nc(-c3ccccc3Br)no2)CC1. The highest BCUT2D eigenvalue weighted by Crippen LogP contribution is 2.30. The lowest BCUT2D eigenvalue weighted by Gasteiger charge is -2.32. The molecular weight excluding hydrogens is 424 g/mol. The molecule has 2 aromatic rings. The Morgan fingerprint density at radius 1 is 1.36 bits per heavy atom. The molecule has 0 saturated carbocycles. The average molecular weight is 447 g/mol. The number of carbonyl (C=O) groups is 2. The minimum absolute atomic E-state index is 0.0464. The van der Waals surface area contributed by atoms with E-state index in [1.807, 2.05) is 31.2 Å². The fourth-order valence-electron chi connectivity index (χ4n) is 3.27. The topological polar surface area (TPSA) is 79.5 Å². The van der Waals surface area contributed by atoms with E-state index in [0.29, 0.717) is 31.3 Å². The normalized spacial score (nSPS) is 14.7. The summed E-state index contributed by atoms with van der Waals surface area (Å²) >= 11 is 3.50. The second-order valence-corrected chi connectivity index (χ2v) is 7.50. The highest BCUT2D eigenvalue weighted by Gasteiger charge is 2.28. The van der Waals surface area contributed by atoms with E-state index in [0.717, 1.165) is 22.9 Å². The van der Waals surface area contributed by atoms with Gasteiger partial charge >= 0.3 is 0 Å². The van der Waals surface area contributed by atoms with E-state index in [1.165, 1.54) is 11.0 Å². The lowest BCUT2D eigenvalue weighted by atomic mass is 9.96. The van der Waals surface area contributed by atoms with E-state index < -0.39 is 0 Å². The number of hydrogen-bond acceptors (Lipinski definition) is 5. The van der Waals surface area contributed by atoms with E-state index >= 15 is 0 Å². The Hall–Kier alpha value is -2.48. The summed E-state index contributed by atoms with van der Waals surface area (Å²) in [4.78, 5) is 32.1. The lowest BCUT2D eigenvalue weighted by Crippen LogP contribution is -2.45. The van der Waals surface area contributed by atoms with Crippen LogP contribution in [0, 0.1) is 0 Å². The Morgan fingerprint density at radius 3 is 2.71 bits per heavy atom. The molecule has 0 atom stereocenters. The van der Waals surface area contributed by atoms with E-state index in [2.05, 4.69) is 32.6 Å². The van der Waals surface area contributed by atoms with Crippen LogP contribution in [-0.4, -0.2) is 57.9 Å². The van der Waals surface area contributed by atoms with Crippen molar-refractivity contribution >= 4 is 27.7 Å². The smallest absolute Gasteiger partial charge is 0.246 e. The van der Waals surface area contributed by atoms with Crippen molar-refractivity contribution in [2.24, 2.45) is 0 Å². The van der Waals surface area contributed by atoms with Crippen LogP contribution in [0.4, 0.5) is 0 Å². The van der Waals surface area contributed by atoms with Crippen LogP contribution in [0.2, 0.25) is 0 Å². The Bertz CT molecular complexity index is 859. The van der Waals surface area contributed by atoms with Crippen LogP contribution >= 0.6 is 15.9 Å². The van der Waals surface area contributed by atoms with Gasteiger partial charge in [0.25, 0.3) is 0 Å². The van der Waals surface area contributed by atoms with Gasteiger partial charge in [-0.15, -0.1) is 0 Å². The number of carbonyl (C=O) groups excluding carboxylic acids is 2. The molecule has 7 nitrogen and oxygen atoms in total. The van der Waals surface area contributed by atoms with Gasteiger partial charge in [0.15, 0.2) is 0 Å². The Balaban J connectivity index is 1.58. The van der Waals surface area contributed by atoms with Gasteiger partial charge in [0.1, 0.15) is 0 Å². The molecule has 3 rings (SSSR count). The van der Waals surface area contributed by atoms with Crippen LogP contribution in [0.3, 0.4) is 0 Å². The summed E-state index contributed by atoms with van der Waals surface area (Å²) in [5, 5.41) is 4.11. The van der Waals surface area contributed by atoms with Gasteiger partial charge in [0.05, 0.1) is 6.54 Å². The van der Waals surface area contributed by atoms with Crippen LogP contribution in [0.1, 0.15) is 31.6 Å². The number of halogens is 1. The van der Waals surface area contributed by atoms with E-state index in [9.17, 15) is 9.59 Å². The summed E-state index contributed by atoms with van der Waals surface area (Å²) in [5.74, 6) is 1.02. The average Bonchev–Trinajstić information content (AvgIpc) is 3.21. The number of likely N-dealkylation sites (tertiary alicyclic amines) is 1. The minimum Gasteiger partial charge on any atom is -0.341 e. The maximum absolute atomic E-state index is 12.5. The Morgan fingerprint density at radius 2 is 2.07 bits per heavy atom. The Labute approximate surface area is 172 Å². The summed E-state index contributed by atoms with van der Waals surface area (Å²) in [7, 11) is 0. The molecule has 1 aliphatic heterocycles. The fourth-order valence-corrected chi connectivity index (χ4v) is 3.73. The van der Waals surface area contributed by atoms with Crippen LogP contribution in [0.25, 0.3) is 11.4 Å². The zero-order chi connectivity index (χ0) is 20.1. The van der Waals surface area contributed by atoms with Crippen LogP contribution < -0.4 is 0 Å². The zero-order valence-electron chi connectivity index (χ0n) is 15.8. The molecule has 28 heavy (non-hydrogen) atoms. The van der Waals surface area contributed by atoms with Crippen molar-refractivity contribution in [1.82, 2.24) is 19.9 Å². The van der Waals surface area contributed by atoms with Gasteiger partial charge < -0.3 is 14.3 Å². The zero-order valence-corrected chi connectivity index (χ0v) is 17.4. The third-order valence-corrected chi connectivity index (χ3v) is 5.64. The number of likely N-dealkylation sites (N-methyl/N-ethyl adjacent to an activating group) is 1. The number of benzene rings is 1. The lowest BCUT2D eigenvalue weighted by molar-refractivity contribution is -0.138. The molecule has 8 heteroatoms. The molecule has 0 bridgehead atoms. The van der Waals surface area contributed by atoms with Crippen molar-refractivity contribution in [3.63, 3.8) is 0 Å². The van der Waals surface area contributed by atoms with Crippen molar-refractivity contribution in [1.29, 1.82) is 0 Å². The molecule has 148 valence electrons. The fraction of sp³-hybridized carbons (Fsp3) is 0.400. The number of nitrogens with zero attached hydrogens (tertiary/aromatic N) is 4. The minimum atomic E-state index is -0.226. The van der Waals surface area contributed by atoms with Gasteiger partial charge in [0.2, 0.25) is 23.5 Å². The van der Waals surface area contributed by atoms with E-state index in [1.54, 1.807) is 4.90 Å². The van der Waals surface area contributed by atoms with Crippen molar-refractivity contribution in [2.75, 3.05) is 26.2 Å². The summed E-state index contributed by atoms with van der Waals surface area (Å²) in [5.41, 5.74) is 0.886. The molecule has 1 saturated heterocycles. The van der Waals surface area contributed by atoms with Gasteiger partial charge in [-0.05, 0) is 38.0 Å². The van der Waals surface area contributed by atoms with Gasteiger partial charge in [-0.25, -0.2) is 0 Å². The van der Waals surface area contributed by atoms with E-state index in [-0.39, 0.29) is 24.3 Å². The second-order valence-electron chi connectivity index (χ2n) is 6.65. The molecule has 2 heterocycles. The molecule has 1 aromatic heterocycles. The third-order valence-electron chi connectivity index (χ3n) is 4.95. The van der Waals surface area contributed by atoms with Crippen LogP contribution in [0.15, 0.2) is 45.9 Å². The maximum Gasteiger partial charge on any atom is 0.246 e. The first kappa shape index (κ1) is 20.3. The highest BCUT2D eigenvalue weighted by molar-refractivity contribution is 9.10. The van der Waals surface area contributed by atoms with Crippen molar-refractivity contribution in [3.8, 4) is 11.4 Å². The predicted octanol–water partition coefficient (Wildman–Crippen LogP) is 3.24. The largest absolute Gasteiger partial charge is 0.341 e. The van der Waals surface area contributed by atoms with Crippen molar-refractivity contribution < 1.29 is 14.1 Å². The molecular formula is C20H23BrN4O3. The van der Waals surface area contributed by atoms with Crippen LogP contribution in [-0.2, 0) is 9.59 Å². The van der Waals surface area contributed by atoms with Gasteiger partial charge in [0, 0.05) is 35.6 Å². The molecule has 0 N–H and O–H groups in total. The molecule has 2 amide bonds. The first-order valence-electron chi connectivity index (χ1n) is 9.31. The molecule has 0 aliphatic carbocycles. The number of hydrogen-bond donors (Lipinski definition) is 0.